The molecule has 0 spiro atoms. The highest BCUT2D eigenvalue weighted by Crippen LogP contribution is 2.20. The van der Waals surface area contributed by atoms with Gasteiger partial charge in [-0.25, -0.2) is 4.79 Å². The molecule has 180 valence electrons. The van der Waals surface area contributed by atoms with Crippen molar-refractivity contribution in [2.24, 2.45) is 23.1 Å². The van der Waals surface area contributed by atoms with Crippen LogP contribution >= 0.6 is 0 Å². The highest BCUT2D eigenvalue weighted by Gasteiger charge is 2.39. The molecule has 0 saturated carbocycles. The van der Waals surface area contributed by atoms with E-state index in [4.69, 9.17) is 17.2 Å². The Morgan fingerprint density at radius 1 is 1.00 bits per heavy atom. The van der Waals surface area contributed by atoms with Gasteiger partial charge in [-0.2, -0.15) is 0 Å². The number of nitrogens with two attached hydrogens (primary N) is 3. The Morgan fingerprint density at radius 2 is 1.56 bits per heavy atom. The monoisotopic (exact) mass is 456 g/mol. The Labute approximate surface area is 185 Å². The highest BCUT2D eigenvalue weighted by molar-refractivity contribution is 5.97. The quantitative estimate of drug-likeness (QED) is 0.179. The molecule has 1 fully saturated rings. The van der Waals surface area contributed by atoms with Crippen LogP contribution in [0.15, 0.2) is 0 Å². The minimum Gasteiger partial charge on any atom is -0.480 e. The van der Waals surface area contributed by atoms with E-state index in [1.807, 2.05) is 13.8 Å². The first kappa shape index (κ1) is 26.8. The Balaban J connectivity index is 2.96. The SMILES string of the molecule is CC(C)CC(N)C(=O)NC(CC(N)=O)C(=O)N1CCCC1C(=O)NC(CC(N)=O)C(=O)O. The molecule has 0 bridgehead atoms. The molecule has 1 rings (SSSR count). The number of hydrogen-bond acceptors (Lipinski definition) is 7. The molecule has 1 saturated heterocycles. The number of nitrogens with zero attached hydrogens (tertiary/aromatic N) is 1. The van der Waals surface area contributed by atoms with Crippen LogP contribution in [0.1, 0.15) is 46.0 Å². The number of primary amides is 2. The Kier molecular flexibility index (Phi) is 10.0. The lowest BCUT2D eigenvalue weighted by molar-refractivity contribution is -0.146. The molecule has 0 aromatic carbocycles. The van der Waals surface area contributed by atoms with Gasteiger partial charge in [-0.3, -0.25) is 24.0 Å². The summed E-state index contributed by atoms with van der Waals surface area (Å²) < 4.78 is 0. The zero-order chi connectivity index (χ0) is 24.6. The van der Waals surface area contributed by atoms with Crippen molar-refractivity contribution in [3.8, 4) is 0 Å². The molecule has 0 aromatic heterocycles. The molecule has 9 N–H and O–H groups in total. The van der Waals surface area contributed by atoms with Gasteiger partial charge in [0, 0.05) is 6.54 Å². The maximum absolute atomic E-state index is 13.1. The molecular weight excluding hydrogens is 424 g/mol. The van der Waals surface area contributed by atoms with E-state index in [9.17, 15) is 33.9 Å². The standard InChI is InChI=1S/C19H32N6O7/c1-9(2)6-10(20)16(28)23-11(7-14(21)26)18(30)25-5-3-4-13(25)17(29)24-12(19(31)32)8-15(22)27/h9-13H,3-8,20H2,1-2H3,(H2,21,26)(H2,22,27)(H,23,28)(H,24,29)(H,31,32). The third-order valence-electron chi connectivity index (χ3n) is 4.94. The predicted octanol–water partition coefficient (Wildman–Crippen LogP) is -2.84. The van der Waals surface area contributed by atoms with Crippen LogP contribution in [0.3, 0.4) is 0 Å². The summed E-state index contributed by atoms with van der Waals surface area (Å²) in [5, 5.41) is 13.8. The summed E-state index contributed by atoms with van der Waals surface area (Å²) in [6, 6.07) is -4.82. The number of nitrogens with one attached hydrogen (secondary N) is 2. The van der Waals surface area contributed by atoms with Gasteiger partial charge in [0.05, 0.1) is 18.9 Å². The van der Waals surface area contributed by atoms with Crippen LogP contribution < -0.4 is 27.8 Å². The van der Waals surface area contributed by atoms with E-state index in [1.54, 1.807) is 0 Å². The molecule has 1 heterocycles. The summed E-state index contributed by atoms with van der Waals surface area (Å²) >= 11 is 0. The number of carbonyl (C=O) groups excluding carboxylic acids is 5. The van der Waals surface area contributed by atoms with E-state index in [2.05, 4.69) is 10.6 Å². The van der Waals surface area contributed by atoms with Crippen LogP contribution in [0.5, 0.6) is 0 Å². The number of aliphatic carboxylic acids is 1. The Morgan fingerprint density at radius 3 is 2.06 bits per heavy atom. The fraction of sp³-hybridized carbons (Fsp3) is 0.684. The third-order valence-corrected chi connectivity index (χ3v) is 4.94. The largest absolute Gasteiger partial charge is 0.480 e. The van der Waals surface area contributed by atoms with Crippen molar-refractivity contribution in [2.45, 2.75) is 70.1 Å². The zero-order valence-electron chi connectivity index (χ0n) is 18.2. The second-order valence-electron chi connectivity index (χ2n) is 8.23. The second kappa shape index (κ2) is 12.0. The fourth-order valence-corrected chi connectivity index (χ4v) is 3.47. The molecule has 0 radical (unpaired) electrons. The first-order valence-electron chi connectivity index (χ1n) is 10.3. The molecule has 13 heteroatoms. The second-order valence-corrected chi connectivity index (χ2v) is 8.23. The van der Waals surface area contributed by atoms with Crippen LogP contribution in [0.25, 0.3) is 0 Å². The van der Waals surface area contributed by atoms with Crippen molar-refractivity contribution in [1.82, 2.24) is 15.5 Å². The maximum atomic E-state index is 13.1. The lowest BCUT2D eigenvalue weighted by atomic mass is 10.0. The van der Waals surface area contributed by atoms with Crippen LogP contribution in [0.4, 0.5) is 0 Å². The van der Waals surface area contributed by atoms with Crippen LogP contribution in [0.2, 0.25) is 0 Å². The summed E-state index contributed by atoms with van der Waals surface area (Å²) in [5.74, 6) is -5.22. The van der Waals surface area contributed by atoms with Crippen LogP contribution in [0, 0.1) is 5.92 Å². The van der Waals surface area contributed by atoms with Gasteiger partial charge in [-0.1, -0.05) is 13.8 Å². The molecule has 13 nitrogen and oxygen atoms in total. The average molecular weight is 457 g/mol. The summed E-state index contributed by atoms with van der Waals surface area (Å²) in [4.78, 5) is 73.0. The number of rotatable bonds is 12. The van der Waals surface area contributed by atoms with E-state index >= 15 is 0 Å². The molecule has 4 atom stereocenters. The van der Waals surface area contributed by atoms with Crippen molar-refractivity contribution >= 4 is 35.5 Å². The van der Waals surface area contributed by atoms with E-state index in [1.165, 1.54) is 0 Å². The van der Waals surface area contributed by atoms with Gasteiger partial charge in [0.1, 0.15) is 18.1 Å². The molecule has 1 aliphatic heterocycles. The van der Waals surface area contributed by atoms with Crippen molar-refractivity contribution in [1.29, 1.82) is 0 Å². The number of carboxylic acids is 1. The van der Waals surface area contributed by atoms with Gasteiger partial charge in [0.15, 0.2) is 0 Å². The normalized spacial score (nSPS) is 18.5. The average Bonchev–Trinajstić information content (AvgIpc) is 3.14. The van der Waals surface area contributed by atoms with E-state index in [-0.39, 0.29) is 18.9 Å². The lowest BCUT2D eigenvalue weighted by Gasteiger charge is -2.29. The van der Waals surface area contributed by atoms with Crippen molar-refractivity contribution < 1.29 is 33.9 Å². The number of carbonyl (C=O) groups is 6. The zero-order valence-corrected chi connectivity index (χ0v) is 18.2. The molecular formula is C19H32N6O7. The molecule has 5 amide bonds. The van der Waals surface area contributed by atoms with Crippen molar-refractivity contribution in [3.05, 3.63) is 0 Å². The predicted molar refractivity (Wildman–Crippen MR) is 111 cm³/mol. The summed E-state index contributed by atoms with van der Waals surface area (Å²) in [7, 11) is 0. The maximum Gasteiger partial charge on any atom is 0.326 e. The minimum absolute atomic E-state index is 0.121. The molecule has 1 aliphatic rings. The third kappa shape index (κ3) is 8.13. The van der Waals surface area contributed by atoms with Gasteiger partial charge >= 0.3 is 5.97 Å². The van der Waals surface area contributed by atoms with Gasteiger partial charge in [0.25, 0.3) is 0 Å². The van der Waals surface area contributed by atoms with Gasteiger partial charge in [-0.05, 0) is 25.2 Å². The van der Waals surface area contributed by atoms with Crippen LogP contribution in [-0.4, -0.2) is 76.2 Å². The molecule has 4 unspecified atom stereocenters. The van der Waals surface area contributed by atoms with Gasteiger partial charge in [0.2, 0.25) is 29.5 Å². The molecule has 32 heavy (non-hydrogen) atoms. The smallest absolute Gasteiger partial charge is 0.326 e. The van der Waals surface area contributed by atoms with Crippen molar-refractivity contribution in [3.63, 3.8) is 0 Å². The fourth-order valence-electron chi connectivity index (χ4n) is 3.47. The Bertz CT molecular complexity index is 756. The first-order valence-corrected chi connectivity index (χ1v) is 10.3. The lowest BCUT2D eigenvalue weighted by Crippen LogP contribution is -2.57. The Hall–Kier alpha value is -3.22. The minimum atomic E-state index is -1.55. The number of amides is 5. The highest BCUT2D eigenvalue weighted by atomic mass is 16.4. The van der Waals surface area contributed by atoms with Crippen LogP contribution in [-0.2, 0) is 28.8 Å². The number of carboxylic acid groups (broad SMARTS) is 1. The van der Waals surface area contributed by atoms with E-state index < -0.39 is 72.5 Å². The van der Waals surface area contributed by atoms with Gasteiger partial charge < -0.3 is 37.8 Å². The van der Waals surface area contributed by atoms with E-state index in [0.717, 1.165) is 4.90 Å². The van der Waals surface area contributed by atoms with Gasteiger partial charge in [-0.15, -0.1) is 0 Å². The number of likely N-dealkylation sites (tertiary alicyclic amines) is 1. The van der Waals surface area contributed by atoms with E-state index in [0.29, 0.717) is 12.8 Å². The first-order chi connectivity index (χ1) is 14.8. The van der Waals surface area contributed by atoms with Crippen molar-refractivity contribution in [2.75, 3.05) is 6.54 Å². The summed E-state index contributed by atoms with van der Waals surface area (Å²) in [6.07, 6.45) is -0.0976. The molecule has 0 aromatic rings. The summed E-state index contributed by atoms with van der Waals surface area (Å²) in [5.41, 5.74) is 16.1. The summed E-state index contributed by atoms with van der Waals surface area (Å²) in [6.45, 7) is 3.89. The topological polar surface area (TPSA) is 228 Å². The molecule has 0 aliphatic carbocycles. The number of hydrogen-bond donors (Lipinski definition) is 6.